The van der Waals surface area contributed by atoms with E-state index in [1.807, 2.05) is 0 Å². The van der Waals surface area contributed by atoms with Gasteiger partial charge in [-0.1, -0.05) is 12.1 Å². The SMILES string of the molecule is O=C(c1ccco1)c1c(-c2ccc([N+](=O)[O-])o2)oc2ccccc2c1=O. The molecule has 3 heterocycles. The Kier molecular flexibility index (Phi) is 3.51. The normalized spacial score (nSPS) is 10.9. The lowest BCUT2D eigenvalue weighted by molar-refractivity contribution is -0.401. The first-order valence-electron chi connectivity index (χ1n) is 7.45. The van der Waals surface area contributed by atoms with E-state index in [9.17, 15) is 19.7 Å². The zero-order valence-electron chi connectivity index (χ0n) is 13.0. The predicted molar refractivity (Wildman–Crippen MR) is 89.0 cm³/mol. The summed E-state index contributed by atoms with van der Waals surface area (Å²) in [6.07, 6.45) is 1.30. The number of rotatable bonds is 4. The summed E-state index contributed by atoms with van der Waals surface area (Å²) < 4.78 is 15.9. The average Bonchev–Trinajstić information content (AvgIpc) is 3.33. The van der Waals surface area contributed by atoms with Crippen LogP contribution in [0, 0.1) is 10.1 Å². The maximum atomic E-state index is 12.9. The molecule has 26 heavy (non-hydrogen) atoms. The summed E-state index contributed by atoms with van der Waals surface area (Å²) in [6.45, 7) is 0. The van der Waals surface area contributed by atoms with Gasteiger partial charge in [-0.25, -0.2) is 0 Å². The maximum Gasteiger partial charge on any atom is 0.433 e. The van der Waals surface area contributed by atoms with Gasteiger partial charge in [0.2, 0.25) is 11.2 Å². The summed E-state index contributed by atoms with van der Waals surface area (Å²) in [6, 6.07) is 11.7. The van der Waals surface area contributed by atoms with E-state index in [1.165, 1.54) is 30.5 Å². The van der Waals surface area contributed by atoms with E-state index in [-0.39, 0.29) is 33.8 Å². The van der Waals surface area contributed by atoms with Crippen molar-refractivity contribution in [3.8, 4) is 11.5 Å². The van der Waals surface area contributed by atoms with Crippen molar-refractivity contribution in [2.75, 3.05) is 0 Å². The molecule has 3 aromatic heterocycles. The maximum absolute atomic E-state index is 12.9. The van der Waals surface area contributed by atoms with Crippen molar-refractivity contribution in [1.82, 2.24) is 0 Å². The third kappa shape index (κ3) is 2.40. The van der Waals surface area contributed by atoms with E-state index in [0.29, 0.717) is 0 Å². The van der Waals surface area contributed by atoms with Crippen molar-refractivity contribution in [3.63, 3.8) is 0 Å². The standard InChI is InChI=1S/C18H9NO7/c20-16-10-4-1-2-5-11(10)26-18(13-7-8-14(25-13)19(22)23)15(16)17(21)12-6-3-9-24-12/h1-9H. The van der Waals surface area contributed by atoms with E-state index in [1.54, 1.807) is 18.2 Å². The first-order valence-corrected chi connectivity index (χ1v) is 7.45. The highest BCUT2D eigenvalue weighted by Crippen LogP contribution is 2.31. The molecule has 1 aromatic carbocycles. The molecule has 0 aliphatic carbocycles. The minimum Gasteiger partial charge on any atom is -0.461 e. The van der Waals surface area contributed by atoms with Crippen molar-refractivity contribution < 1.29 is 23.0 Å². The molecule has 0 saturated heterocycles. The van der Waals surface area contributed by atoms with Gasteiger partial charge in [-0.15, -0.1) is 0 Å². The van der Waals surface area contributed by atoms with Crippen molar-refractivity contribution in [2.45, 2.75) is 0 Å². The van der Waals surface area contributed by atoms with Crippen LogP contribution in [0.15, 0.2) is 72.8 Å². The number of ketones is 1. The summed E-state index contributed by atoms with van der Waals surface area (Å²) >= 11 is 0. The molecule has 0 fully saturated rings. The quantitative estimate of drug-likeness (QED) is 0.312. The van der Waals surface area contributed by atoms with E-state index in [0.717, 1.165) is 6.07 Å². The molecule has 0 atom stereocenters. The van der Waals surface area contributed by atoms with Crippen LogP contribution in [0.4, 0.5) is 5.88 Å². The third-order valence-electron chi connectivity index (χ3n) is 3.77. The van der Waals surface area contributed by atoms with Gasteiger partial charge in [-0.05, 0) is 30.3 Å². The second-order valence-corrected chi connectivity index (χ2v) is 5.33. The van der Waals surface area contributed by atoms with Crippen LogP contribution in [0.5, 0.6) is 0 Å². The molecular weight excluding hydrogens is 342 g/mol. The summed E-state index contributed by atoms with van der Waals surface area (Å²) in [4.78, 5) is 35.8. The van der Waals surface area contributed by atoms with Gasteiger partial charge in [0.25, 0.3) is 0 Å². The van der Waals surface area contributed by atoms with Crippen LogP contribution in [0.1, 0.15) is 16.1 Å². The van der Waals surface area contributed by atoms with Gasteiger partial charge in [-0.2, -0.15) is 0 Å². The minimum absolute atomic E-state index is 0.0603. The molecule has 128 valence electrons. The summed E-state index contributed by atoms with van der Waals surface area (Å²) in [5.74, 6) is -1.59. The Hall–Kier alpha value is -3.94. The van der Waals surface area contributed by atoms with Gasteiger partial charge in [0.15, 0.2) is 17.3 Å². The van der Waals surface area contributed by atoms with Gasteiger partial charge in [0.1, 0.15) is 16.1 Å². The van der Waals surface area contributed by atoms with Crippen LogP contribution >= 0.6 is 0 Å². The molecule has 0 unspecified atom stereocenters. The largest absolute Gasteiger partial charge is 0.461 e. The number of nitro groups is 1. The molecule has 0 aliphatic heterocycles. The summed E-state index contributed by atoms with van der Waals surface area (Å²) in [7, 11) is 0. The van der Waals surface area contributed by atoms with E-state index < -0.39 is 22.0 Å². The highest BCUT2D eigenvalue weighted by atomic mass is 16.6. The Morgan fingerprint density at radius 2 is 1.81 bits per heavy atom. The van der Waals surface area contributed by atoms with Gasteiger partial charge in [0, 0.05) is 0 Å². The van der Waals surface area contributed by atoms with Crippen molar-refractivity contribution in [1.29, 1.82) is 0 Å². The molecule has 0 N–H and O–H groups in total. The van der Waals surface area contributed by atoms with Crippen LogP contribution in [-0.2, 0) is 0 Å². The van der Waals surface area contributed by atoms with E-state index in [4.69, 9.17) is 13.3 Å². The molecule has 0 aliphatic rings. The number of fused-ring (bicyclic) bond motifs is 1. The van der Waals surface area contributed by atoms with Gasteiger partial charge in [-0.3, -0.25) is 19.7 Å². The van der Waals surface area contributed by atoms with Crippen molar-refractivity contribution in [2.24, 2.45) is 0 Å². The second kappa shape index (κ2) is 5.85. The Bertz CT molecular complexity index is 1200. The molecule has 0 bridgehead atoms. The number of para-hydroxylation sites is 1. The Balaban J connectivity index is 2.03. The van der Waals surface area contributed by atoms with Crippen LogP contribution in [-0.4, -0.2) is 10.7 Å². The minimum atomic E-state index is -0.726. The molecule has 4 aromatic rings. The molecule has 0 spiro atoms. The first-order chi connectivity index (χ1) is 12.6. The number of hydrogen-bond donors (Lipinski definition) is 0. The third-order valence-corrected chi connectivity index (χ3v) is 3.77. The van der Waals surface area contributed by atoms with Gasteiger partial charge in [0.05, 0.1) is 17.7 Å². The molecule has 0 radical (unpaired) electrons. The molecular formula is C18H9NO7. The number of benzene rings is 1. The molecule has 8 heteroatoms. The average molecular weight is 351 g/mol. The fraction of sp³-hybridized carbons (Fsp3) is 0. The highest BCUT2D eigenvalue weighted by molar-refractivity contribution is 6.11. The number of nitrogens with zero attached hydrogens (tertiary/aromatic N) is 1. The van der Waals surface area contributed by atoms with Gasteiger partial charge < -0.3 is 13.3 Å². The van der Waals surface area contributed by atoms with E-state index >= 15 is 0 Å². The predicted octanol–water partition coefficient (Wildman–Crippen LogP) is 3.79. The van der Waals surface area contributed by atoms with Crippen LogP contribution in [0.2, 0.25) is 0 Å². The topological polar surface area (TPSA) is 117 Å². The summed E-state index contributed by atoms with van der Waals surface area (Å²) in [5.41, 5.74) is -0.673. The fourth-order valence-corrected chi connectivity index (χ4v) is 2.60. The number of carbonyl (C=O) groups excluding carboxylic acids is 1. The van der Waals surface area contributed by atoms with Crippen molar-refractivity contribution >= 4 is 22.6 Å². The lowest BCUT2D eigenvalue weighted by Crippen LogP contribution is -2.17. The zero-order valence-corrected chi connectivity index (χ0v) is 13.0. The van der Waals surface area contributed by atoms with E-state index in [2.05, 4.69) is 0 Å². The second-order valence-electron chi connectivity index (χ2n) is 5.33. The highest BCUT2D eigenvalue weighted by Gasteiger charge is 2.27. The fourth-order valence-electron chi connectivity index (χ4n) is 2.60. The lowest BCUT2D eigenvalue weighted by atomic mass is 10.0. The van der Waals surface area contributed by atoms with Crippen molar-refractivity contribution in [3.05, 3.63) is 86.5 Å². The van der Waals surface area contributed by atoms with Crippen LogP contribution < -0.4 is 5.43 Å². The number of hydrogen-bond acceptors (Lipinski definition) is 7. The van der Waals surface area contributed by atoms with Crippen LogP contribution in [0.3, 0.4) is 0 Å². The number of carbonyl (C=O) groups is 1. The van der Waals surface area contributed by atoms with Crippen LogP contribution in [0.25, 0.3) is 22.5 Å². The molecule has 0 saturated carbocycles. The zero-order chi connectivity index (χ0) is 18.3. The number of furan rings is 2. The Labute approximate surface area is 144 Å². The Morgan fingerprint density at radius 1 is 1.00 bits per heavy atom. The monoisotopic (exact) mass is 351 g/mol. The molecule has 4 rings (SSSR count). The van der Waals surface area contributed by atoms with Gasteiger partial charge >= 0.3 is 5.88 Å². The lowest BCUT2D eigenvalue weighted by Gasteiger charge is -2.06. The smallest absolute Gasteiger partial charge is 0.433 e. The molecule has 8 nitrogen and oxygen atoms in total. The molecule has 0 amide bonds. The first kappa shape index (κ1) is 15.6. The Morgan fingerprint density at radius 3 is 2.50 bits per heavy atom. The summed E-state index contributed by atoms with van der Waals surface area (Å²) in [5, 5.41) is 11.1.